The lowest BCUT2D eigenvalue weighted by atomic mass is 9.84. The van der Waals surface area contributed by atoms with E-state index in [1.165, 1.54) is 6.92 Å². The molecule has 0 spiro atoms. The van der Waals surface area contributed by atoms with Gasteiger partial charge in [-0.2, -0.15) is 0 Å². The minimum Gasteiger partial charge on any atom is -0.355 e. The number of carbonyl (C=O) groups is 1. The van der Waals surface area contributed by atoms with Gasteiger partial charge in [-0.3, -0.25) is 4.79 Å². The Bertz CT molecular complexity index is 399. The fourth-order valence-corrected chi connectivity index (χ4v) is 1.64. The number of amides is 1. The summed E-state index contributed by atoms with van der Waals surface area (Å²) in [4.78, 5) is 10.9. The van der Waals surface area contributed by atoms with E-state index in [1.807, 2.05) is 19.1 Å². The number of aryl methyl sites for hydroxylation is 1. The zero-order valence-corrected chi connectivity index (χ0v) is 11.0. The van der Waals surface area contributed by atoms with Crippen LogP contribution in [0.3, 0.4) is 0 Å². The van der Waals surface area contributed by atoms with Crippen LogP contribution in [0.1, 0.15) is 31.9 Å². The third-order valence-electron chi connectivity index (χ3n) is 2.73. The molecule has 0 aromatic heterocycles. The van der Waals surface area contributed by atoms with E-state index in [2.05, 4.69) is 25.2 Å². The molecule has 0 bridgehead atoms. The minimum atomic E-state index is -0.108. The molecule has 0 aliphatic heterocycles. The average Bonchev–Trinajstić information content (AvgIpc) is 2.19. The molecule has 0 saturated carbocycles. The highest BCUT2D eigenvalue weighted by molar-refractivity contribution is 6.31. The summed E-state index contributed by atoms with van der Waals surface area (Å²) in [7, 11) is 0. The van der Waals surface area contributed by atoms with Crippen LogP contribution in [0, 0.1) is 6.92 Å². The molecule has 2 nitrogen and oxygen atoms in total. The van der Waals surface area contributed by atoms with Crippen molar-refractivity contribution in [2.75, 3.05) is 6.54 Å². The van der Waals surface area contributed by atoms with Crippen LogP contribution in [-0.2, 0) is 10.2 Å². The highest BCUT2D eigenvalue weighted by Crippen LogP contribution is 2.26. The van der Waals surface area contributed by atoms with Crippen LogP contribution >= 0.6 is 11.6 Å². The van der Waals surface area contributed by atoms with Gasteiger partial charge in [-0.1, -0.05) is 37.6 Å². The van der Waals surface area contributed by atoms with Crippen molar-refractivity contribution in [1.82, 2.24) is 5.32 Å². The Labute approximate surface area is 102 Å². The smallest absolute Gasteiger partial charge is 0.216 e. The van der Waals surface area contributed by atoms with E-state index < -0.39 is 0 Å². The summed E-state index contributed by atoms with van der Waals surface area (Å²) >= 11 is 6.10. The molecule has 0 aliphatic carbocycles. The van der Waals surface area contributed by atoms with Crippen LogP contribution in [0.5, 0.6) is 0 Å². The minimum absolute atomic E-state index is 0.00807. The summed E-state index contributed by atoms with van der Waals surface area (Å²) in [6, 6.07) is 6.04. The van der Waals surface area contributed by atoms with Gasteiger partial charge in [0.25, 0.3) is 0 Å². The second-order valence-corrected chi connectivity index (χ2v) is 5.16. The van der Waals surface area contributed by atoms with Crippen molar-refractivity contribution in [1.29, 1.82) is 0 Å². The molecular weight excluding hydrogens is 222 g/mol. The first-order chi connectivity index (χ1) is 7.33. The van der Waals surface area contributed by atoms with Gasteiger partial charge in [-0.15, -0.1) is 0 Å². The second kappa shape index (κ2) is 4.88. The van der Waals surface area contributed by atoms with Gasteiger partial charge in [-0.25, -0.2) is 0 Å². The Balaban J connectivity index is 2.88. The third-order valence-corrected chi connectivity index (χ3v) is 3.14. The van der Waals surface area contributed by atoms with Crippen molar-refractivity contribution < 1.29 is 4.79 Å². The monoisotopic (exact) mass is 239 g/mol. The van der Waals surface area contributed by atoms with E-state index in [9.17, 15) is 4.79 Å². The van der Waals surface area contributed by atoms with Gasteiger partial charge in [0.2, 0.25) is 5.91 Å². The van der Waals surface area contributed by atoms with E-state index in [0.29, 0.717) is 6.54 Å². The zero-order chi connectivity index (χ0) is 12.3. The number of benzene rings is 1. The first-order valence-electron chi connectivity index (χ1n) is 5.34. The summed E-state index contributed by atoms with van der Waals surface area (Å²) < 4.78 is 0. The van der Waals surface area contributed by atoms with Gasteiger partial charge >= 0.3 is 0 Å². The lowest BCUT2D eigenvalue weighted by Crippen LogP contribution is -2.35. The van der Waals surface area contributed by atoms with Crippen molar-refractivity contribution in [3.8, 4) is 0 Å². The van der Waals surface area contributed by atoms with Gasteiger partial charge in [0.1, 0.15) is 0 Å². The van der Waals surface area contributed by atoms with Crippen molar-refractivity contribution in [3.05, 3.63) is 34.3 Å². The molecule has 1 rings (SSSR count). The van der Waals surface area contributed by atoms with Gasteiger partial charge in [-0.05, 0) is 24.1 Å². The highest BCUT2D eigenvalue weighted by atomic mass is 35.5. The molecule has 3 heteroatoms. The summed E-state index contributed by atoms with van der Waals surface area (Å²) in [5.41, 5.74) is 2.10. The van der Waals surface area contributed by atoms with Crippen molar-refractivity contribution in [3.63, 3.8) is 0 Å². The Kier molecular flexibility index (Phi) is 3.98. The summed E-state index contributed by atoms with van der Waals surface area (Å²) in [5.74, 6) is -0.00807. The Hall–Kier alpha value is -1.02. The first kappa shape index (κ1) is 13.0. The lowest BCUT2D eigenvalue weighted by molar-refractivity contribution is -0.119. The van der Waals surface area contributed by atoms with E-state index in [4.69, 9.17) is 11.6 Å². The number of carbonyl (C=O) groups excluding carboxylic acids is 1. The summed E-state index contributed by atoms with van der Waals surface area (Å²) in [6.07, 6.45) is 0. The molecule has 0 atom stereocenters. The molecule has 0 heterocycles. The van der Waals surface area contributed by atoms with Gasteiger partial charge in [0.05, 0.1) is 0 Å². The van der Waals surface area contributed by atoms with Crippen molar-refractivity contribution in [2.24, 2.45) is 0 Å². The maximum absolute atomic E-state index is 10.9. The number of hydrogen-bond donors (Lipinski definition) is 1. The lowest BCUT2D eigenvalue weighted by Gasteiger charge is -2.25. The molecule has 0 fully saturated rings. The Morgan fingerprint density at radius 3 is 2.56 bits per heavy atom. The molecule has 16 heavy (non-hydrogen) atoms. The molecule has 0 unspecified atom stereocenters. The SMILES string of the molecule is CC(=O)NCC(C)(C)c1ccc(C)c(Cl)c1. The van der Waals surface area contributed by atoms with Crippen LogP contribution in [0.15, 0.2) is 18.2 Å². The van der Waals surface area contributed by atoms with Gasteiger partial charge in [0, 0.05) is 23.9 Å². The average molecular weight is 240 g/mol. The van der Waals surface area contributed by atoms with Crippen LogP contribution in [0.25, 0.3) is 0 Å². The molecule has 0 aliphatic rings. The van der Waals surface area contributed by atoms with Crippen LogP contribution in [-0.4, -0.2) is 12.5 Å². The van der Waals surface area contributed by atoms with E-state index in [1.54, 1.807) is 0 Å². The number of nitrogens with one attached hydrogen (secondary N) is 1. The second-order valence-electron chi connectivity index (χ2n) is 4.76. The number of hydrogen-bond acceptors (Lipinski definition) is 1. The van der Waals surface area contributed by atoms with E-state index >= 15 is 0 Å². The van der Waals surface area contributed by atoms with Crippen molar-refractivity contribution in [2.45, 2.75) is 33.1 Å². The molecule has 88 valence electrons. The standard InChI is InChI=1S/C13H18ClNO/c1-9-5-6-11(7-12(9)14)13(3,4)8-15-10(2)16/h5-7H,8H2,1-4H3,(H,15,16). The van der Waals surface area contributed by atoms with Crippen LogP contribution in [0.2, 0.25) is 5.02 Å². The molecule has 0 saturated heterocycles. The summed E-state index contributed by atoms with van der Waals surface area (Å²) in [5, 5.41) is 3.61. The molecule has 1 aromatic rings. The summed E-state index contributed by atoms with van der Waals surface area (Å²) in [6.45, 7) is 8.29. The largest absolute Gasteiger partial charge is 0.355 e. The van der Waals surface area contributed by atoms with Crippen LogP contribution in [0.4, 0.5) is 0 Å². The normalized spacial score (nSPS) is 11.3. The maximum atomic E-state index is 10.9. The fraction of sp³-hybridized carbons (Fsp3) is 0.462. The first-order valence-corrected chi connectivity index (χ1v) is 5.72. The zero-order valence-electron chi connectivity index (χ0n) is 10.2. The predicted octanol–water partition coefficient (Wildman–Crippen LogP) is 3.06. The van der Waals surface area contributed by atoms with Crippen LogP contribution < -0.4 is 5.32 Å². The fourth-order valence-electron chi connectivity index (χ4n) is 1.46. The van der Waals surface area contributed by atoms with Gasteiger partial charge in [0.15, 0.2) is 0 Å². The molecular formula is C13H18ClNO. The predicted molar refractivity (Wildman–Crippen MR) is 67.9 cm³/mol. The molecule has 0 radical (unpaired) electrons. The van der Waals surface area contributed by atoms with Crippen molar-refractivity contribution >= 4 is 17.5 Å². The molecule has 1 N–H and O–H groups in total. The van der Waals surface area contributed by atoms with Gasteiger partial charge < -0.3 is 5.32 Å². The Morgan fingerprint density at radius 2 is 2.06 bits per heavy atom. The third kappa shape index (κ3) is 3.24. The molecule has 1 amide bonds. The molecule has 1 aromatic carbocycles. The number of halogens is 1. The van der Waals surface area contributed by atoms with E-state index in [-0.39, 0.29) is 11.3 Å². The maximum Gasteiger partial charge on any atom is 0.216 e. The Morgan fingerprint density at radius 1 is 1.44 bits per heavy atom. The van der Waals surface area contributed by atoms with E-state index in [0.717, 1.165) is 16.1 Å². The topological polar surface area (TPSA) is 29.1 Å². The highest BCUT2D eigenvalue weighted by Gasteiger charge is 2.21. The number of rotatable bonds is 3. The quantitative estimate of drug-likeness (QED) is 0.863.